The average molecular weight is 278 g/mol. The fourth-order valence-electron chi connectivity index (χ4n) is 1.65. The minimum Gasteiger partial charge on any atom is -0.444 e. The number of nitrogens with one attached hydrogen (secondary N) is 1. The van der Waals surface area contributed by atoms with Gasteiger partial charge in [0.25, 0.3) is 0 Å². The Labute approximate surface area is 119 Å². The number of rotatable bonds is 5. The molecule has 0 bridgehead atoms. The van der Waals surface area contributed by atoms with Gasteiger partial charge in [-0.1, -0.05) is 6.92 Å². The summed E-state index contributed by atoms with van der Waals surface area (Å²) in [6, 6.07) is 3.11. The number of ketones is 1. The Morgan fingerprint density at radius 1 is 1.30 bits per heavy atom. The maximum absolute atomic E-state index is 12.1. The van der Waals surface area contributed by atoms with Crippen LogP contribution < -0.4 is 5.32 Å². The van der Waals surface area contributed by atoms with Gasteiger partial charge in [0.05, 0.1) is 0 Å². The summed E-state index contributed by atoms with van der Waals surface area (Å²) in [5, 5.41) is 2.73. The van der Waals surface area contributed by atoms with E-state index >= 15 is 0 Å². The summed E-state index contributed by atoms with van der Waals surface area (Å²) in [6.07, 6.45) is 3.58. The number of alkyl carbamates (subject to hydrolysis) is 1. The van der Waals surface area contributed by atoms with Crippen LogP contribution in [-0.4, -0.2) is 28.5 Å². The molecule has 1 unspecified atom stereocenters. The van der Waals surface area contributed by atoms with E-state index in [0.29, 0.717) is 12.0 Å². The van der Waals surface area contributed by atoms with Gasteiger partial charge in [-0.05, 0) is 39.3 Å². The van der Waals surface area contributed by atoms with E-state index in [2.05, 4.69) is 10.3 Å². The zero-order valence-electron chi connectivity index (χ0n) is 12.5. The predicted octanol–water partition coefficient (Wildman–Crippen LogP) is 2.96. The number of nitrogens with zero attached hydrogens (tertiary/aromatic N) is 1. The molecule has 0 aliphatic carbocycles. The molecule has 1 aromatic heterocycles. The molecule has 1 aromatic rings. The standard InChI is InChI=1S/C15H22N2O3/c1-5-12(17-14(19)20-15(2,3)4)10-13(18)11-6-8-16-9-7-11/h6-9,12H,5,10H2,1-4H3,(H,17,19). The van der Waals surface area contributed by atoms with Gasteiger partial charge in [0.2, 0.25) is 0 Å². The number of hydrogen-bond donors (Lipinski definition) is 1. The van der Waals surface area contributed by atoms with E-state index < -0.39 is 11.7 Å². The molecule has 1 N–H and O–H groups in total. The number of amides is 1. The van der Waals surface area contributed by atoms with E-state index in [0.717, 1.165) is 0 Å². The van der Waals surface area contributed by atoms with Gasteiger partial charge in [-0.15, -0.1) is 0 Å². The summed E-state index contributed by atoms with van der Waals surface area (Å²) in [6.45, 7) is 7.32. The lowest BCUT2D eigenvalue weighted by molar-refractivity contribution is 0.0500. The molecule has 0 aromatic carbocycles. The third-order valence-corrected chi connectivity index (χ3v) is 2.65. The first-order valence-electron chi connectivity index (χ1n) is 6.74. The molecule has 0 saturated carbocycles. The minimum atomic E-state index is -0.544. The lowest BCUT2D eigenvalue weighted by atomic mass is 10.0. The highest BCUT2D eigenvalue weighted by Gasteiger charge is 2.20. The first-order chi connectivity index (χ1) is 9.31. The summed E-state index contributed by atoms with van der Waals surface area (Å²) < 4.78 is 5.19. The highest BCUT2D eigenvalue weighted by molar-refractivity contribution is 5.96. The molecule has 1 rings (SSSR count). The summed E-state index contributed by atoms with van der Waals surface area (Å²) in [4.78, 5) is 27.6. The lowest BCUT2D eigenvalue weighted by Crippen LogP contribution is -2.39. The summed E-state index contributed by atoms with van der Waals surface area (Å²) >= 11 is 0. The number of pyridine rings is 1. The Balaban J connectivity index is 2.55. The van der Waals surface area contributed by atoms with Crippen LogP contribution in [0.4, 0.5) is 4.79 Å². The Kier molecular flexibility index (Phi) is 5.67. The lowest BCUT2D eigenvalue weighted by Gasteiger charge is -2.22. The Morgan fingerprint density at radius 3 is 2.40 bits per heavy atom. The van der Waals surface area contributed by atoms with Crippen LogP contribution in [0.1, 0.15) is 50.9 Å². The van der Waals surface area contributed by atoms with Crippen molar-refractivity contribution < 1.29 is 14.3 Å². The van der Waals surface area contributed by atoms with Gasteiger partial charge in [0, 0.05) is 30.4 Å². The molecule has 1 atom stereocenters. The summed E-state index contributed by atoms with van der Waals surface area (Å²) in [5.41, 5.74) is 0.0572. The average Bonchev–Trinajstić information content (AvgIpc) is 2.36. The largest absolute Gasteiger partial charge is 0.444 e. The smallest absolute Gasteiger partial charge is 0.407 e. The van der Waals surface area contributed by atoms with Crippen molar-refractivity contribution in [3.05, 3.63) is 30.1 Å². The zero-order valence-corrected chi connectivity index (χ0v) is 12.5. The first kappa shape index (κ1) is 16.1. The molecule has 1 heterocycles. The third-order valence-electron chi connectivity index (χ3n) is 2.65. The van der Waals surface area contributed by atoms with Crippen molar-refractivity contribution in [1.82, 2.24) is 10.3 Å². The topological polar surface area (TPSA) is 68.3 Å². The Bertz CT molecular complexity index is 452. The second kappa shape index (κ2) is 7.03. The van der Waals surface area contributed by atoms with Gasteiger partial charge in [-0.2, -0.15) is 0 Å². The molecule has 0 aliphatic rings. The fraction of sp³-hybridized carbons (Fsp3) is 0.533. The number of hydrogen-bond acceptors (Lipinski definition) is 4. The van der Waals surface area contributed by atoms with Crippen molar-refractivity contribution in [1.29, 1.82) is 0 Å². The van der Waals surface area contributed by atoms with Gasteiger partial charge in [0.15, 0.2) is 5.78 Å². The van der Waals surface area contributed by atoms with E-state index in [-0.39, 0.29) is 18.2 Å². The van der Waals surface area contributed by atoms with E-state index in [4.69, 9.17) is 4.74 Å². The number of carbonyl (C=O) groups is 2. The second-order valence-corrected chi connectivity index (χ2v) is 5.61. The van der Waals surface area contributed by atoms with Crippen LogP contribution in [0.3, 0.4) is 0 Å². The summed E-state index contributed by atoms with van der Waals surface area (Å²) in [5.74, 6) is -0.0182. The van der Waals surface area contributed by atoms with Crippen LogP contribution in [0.25, 0.3) is 0 Å². The molecule has 0 saturated heterocycles. The van der Waals surface area contributed by atoms with Crippen LogP contribution >= 0.6 is 0 Å². The van der Waals surface area contributed by atoms with Crippen molar-refractivity contribution in [2.24, 2.45) is 0 Å². The van der Waals surface area contributed by atoms with Crippen molar-refractivity contribution in [3.63, 3.8) is 0 Å². The quantitative estimate of drug-likeness (QED) is 0.841. The van der Waals surface area contributed by atoms with Gasteiger partial charge < -0.3 is 10.1 Å². The van der Waals surface area contributed by atoms with E-state index in [1.807, 2.05) is 6.92 Å². The van der Waals surface area contributed by atoms with E-state index in [1.54, 1.807) is 45.3 Å². The van der Waals surface area contributed by atoms with Crippen LogP contribution in [0.2, 0.25) is 0 Å². The van der Waals surface area contributed by atoms with Crippen molar-refractivity contribution in [3.8, 4) is 0 Å². The summed E-state index contributed by atoms with van der Waals surface area (Å²) in [7, 11) is 0. The predicted molar refractivity (Wildman–Crippen MR) is 76.6 cm³/mol. The third kappa shape index (κ3) is 5.82. The highest BCUT2D eigenvalue weighted by Crippen LogP contribution is 2.10. The number of Topliss-reactive ketones (excluding diaryl/α,β-unsaturated/α-hetero) is 1. The van der Waals surface area contributed by atoms with Gasteiger partial charge in [-0.25, -0.2) is 4.79 Å². The van der Waals surface area contributed by atoms with Crippen molar-refractivity contribution >= 4 is 11.9 Å². The highest BCUT2D eigenvalue weighted by atomic mass is 16.6. The fourth-order valence-corrected chi connectivity index (χ4v) is 1.65. The maximum atomic E-state index is 12.1. The number of aromatic nitrogens is 1. The normalized spacial score (nSPS) is 12.6. The molecule has 5 nitrogen and oxygen atoms in total. The SMILES string of the molecule is CCC(CC(=O)c1ccncc1)NC(=O)OC(C)(C)C. The van der Waals surface area contributed by atoms with Gasteiger partial charge >= 0.3 is 6.09 Å². The first-order valence-corrected chi connectivity index (χ1v) is 6.74. The molecule has 0 radical (unpaired) electrons. The van der Waals surface area contributed by atoms with Crippen molar-refractivity contribution in [2.75, 3.05) is 0 Å². The molecule has 110 valence electrons. The molecule has 20 heavy (non-hydrogen) atoms. The van der Waals surface area contributed by atoms with Gasteiger partial charge in [0.1, 0.15) is 5.60 Å². The maximum Gasteiger partial charge on any atom is 0.407 e. The van der Waals surface area contributed by atoms with Gasteiger partial charge in [-0.3, -0.25) is 9.78 Å². The minimum absolute atomic E-state index is 0.0182. The van der Waals surface area contributed by atoms with Crippen molar-refractivity contribution in [2.45, 2.75) is 52.2 Å². The van der Waals surface area contributed by atoms with Crippen LogP contribution in [0.15, 0.2) is 24.5 Å². The van der Waals surface area contributed by atoms with Crippen LogP contribution in [0.5, 0.6) is 0 Å². The molecular formula is C15H22N2O3. The number of carbonyl (C=O) groups excluding carboxylic acids is 2. The second-order valence-electron chi connectivity index (χ2n) is 5.61. The van der Waals surface area contributed by atoms with E-state index in [1.165, 1.54) is 0 Å². The molecule has 0 fully saturated rings. The Morgan fingerprint density at radius 2 is 1.90 bits per heavy atom. The molecule has 0 aliphatic heterocycles. The zero-order chi connectivity index (χ0) is 15.2. The van der Waals surface area contributed by atoms with Crippen LogP contribution in [-0.2, 0) is 4.74 Å². The molecule has 5 heteroatoms. The van der Waals surface area contributed by atoms with E-state index in [9.17, 15) is 9.59 Å². The molecular weight excluding hydrogens is 256 g/mol. The molecule has 0 spiro atoms. The number of ether oxygens (including phenoxy) is 1. The molecule has 1 amide bonds. The Hall–Kier alpha value is -1.91. The monoisotopic (exact) mass is 278 g/mol. The van der Waals surface area contributed by atoms with Crippen LogP contribution in [0, 0.1) is 0 Å².